The lowest BCUT2D eigenvalue weighted by Gasteiger charge is -2.19. The summed E-state index contributed by atoms with van der Waals surface area (Å²) in [6.07, 6.45) is 0. The number of nitrogens with one attached hydrogen (secondary N) is 3. The summed E-state index contributed by atoms with van der Waals surface area (Å²) >= 11 is 2.88. The highest BCUT2D eigenvalue weighted by molar-refractivity contribution is 7.99. The number of hydrogen-bond donors (Lipinski definition) is 3. The van der Waals surface area contributed by atoms with E-state index in [2.05, 4.69) is 20.6 Å². The van der Waals surface area contributed by atoms with Crippen LogP contribution in [0.25, 0.3) is 10.2 Å². The molecule has 0 saturated carbocycles. The van der Waals surface area contributed by atoms with Crippen molar-refractivity contribution in [2.45, 2.75) is 31.8 Å². The molecule has 2 aromatic heterocycles. The molecule has 3 aromatic rings. The second kappa shape index (κ2) is 8.11. The van der Waals surface area contributed by atoms with E-state index < -0.39 is 0 Å². The lowest BCUT2D eigenvalue weighted by atomic mass is 10.2. The molecule has 4 rings (SSSR count). The first kappa shape index (κ1) is 20.4. The summed E-state index contributed by atoms with van der Waals surface area (Å²) in [5.41, 5.74) is 1.91. The number of aryl methyl sites for hydroxylation is 2. The zero-order valence-corrected chi connectivity index (χ0v) is 18.3. The fourth-order valence-corrected chi connectivity index (χ4v) is 4.86. The van der Waals surface area contributed by atoms with Crippen molar-refractivity contribution >= 4 is 56.5 Å². The molecule has 0 aliphatic carbocycles. The Hall–Kier alpha value is -2.85. The van der Waals surface area contributed by atoms with Crippen LogP contribution in [0.1, 0.15) is 23.2 Å². The summed E-state index contributed by atoms with van der Waals surface area (Å²) in [6.45, 7) is 5.67. The van der Waals surface area contributed by atoms with Gasteiger partial charge in [0.2, 0.25) is 5.91 Å². The van der Waals surface area contributed by atoms with Crippen LogP contribution in [-0.4, -0.2) is 33.6 Å². The van der Waals surface area contributed by atoms with Crippen LogP contribution in [0.3, 0.4) is 0 Å². The van der Waals surface area contributed by atoms with E-state index in [0.717, 1.165) is 15.3 Å². The molecular formula is C20H20N4O4S2. The minimum atomic E-state index is -0.375. The Kier molecular flexibility index (Phi) is 5.52. The van der Waals surface area contributed by atoms with Gasteiger partial charge in [-0.25, -0.2) is 4.98 Å². The zero-order chi connectivity index (χ0) is 21.4. The minimum absolute atomic E-state index is 0.0150. The molecule has 0 radical (unpaired) electrons. The molecule has 1 aliphatic heterocycles. The first-order valence-electron chi connectivity index (χ1n) is 9.30. The van der Waals surface area contributed by atoms with Crippen molar-refractivity contribution in [1.82, 2.24) is 9.97 Å². The topological polar surface area (TPSA) is 113 Å². The standard InChI is InChI=1S/C20H20N4O4S2/c1-9-10(2)30-20-17(9)19(27)23-15(24-20)8-29-11(3)18(26)21-12-4-5-14-13(6-12)22-16(25)7-28-14/h4-6,11H,7-8H2,1-3H3,(H,21,26)(H,22,25)(H,23,24,27). The number of ether oxygens (including phenoxy) is 1. The molecule has 3 N–H and O–H groups in total. The predicted molar refractivity (Wildman–Crippen MR) is 120 cm³/mol. The van der Waals surface area contributed by atoms with Gasteiger partial charge >= 0.3 is 0 Å². The van der Waals surface area contributed by atoms with Gasteiger partial charge in [0.1, 0.15) is 16.4 Å². The number of H-pyrrole nitrogens is 1. The number of benzene rings is 1. The van der Waals surface area contributed by atoms with E-state index in [4.69, 9.17) is 4.74 Å². The van der Waals surface area contributed by atoms with E-state index in [1.807, 2.05) is 13.8 Å². The van der Waals surface area contributed by atoms with E-state index in [1.165, 1.54) is 23.1 Å². The highest BCUT2D eigenvalue weighted by Crippen LogP contribution is 2.31. The fourth-order valence-electron chi connectivity index (χ4n) is 3.05. The Morgan fingerprint density at radius 1 is 1.37 bits per heavy atom. The summed E-state index contributed by atoms with van der Waals surface area (Å²) in [7, 11) is 0. The number of nitrogens with zero attached hydrogens (tertiary/aromatic N) is 1. The van der Waals surface area contributed by atoms with Crippen LogP contribution in [0, 0.1) is 13.8 Å². The number of thiophene rings is 1. The zero-order valence-electron chi connectivity index (χ0n) is 16.6. The molecule has 0 bridgehead atoms. The van der Waals surface area contributed by atoms with Crippen LogP contribution in [0.2, 0.25) is 0 Å². The van der Waals surface area contributed by atoms with Gasteiger partial charge in [0, 0.05) is 10.6 Å². The Balaban J connectivity index is 1.41. The number of anilines is 2. The van der Waals surface area contributed by atoms with Crippen molar-refractivity contribution in [2.24, 2.45) is 0 Å². The number of thioether (sulfide) groups is 1. The Morgan fingerprint density at radius 2 is 2.17 bits per heavy atom. The number of aromatic amines is 1. The summed E-state index contributed by atoms with van der Waals surface area (Å²) in [4.78, 5) is 45.5. The van der Waals surface area contributed by atoms with Crippen LogP contribution in [0.4, 0.5) is 11.4 Å². The molecular weight excluding hydrogens is 424 g/mol. The molecule has 0 fully saturated rings. The number of carbonyl (C=O) groups excluding carboxylic acids is 2. The molecule has 3 heterocycles. The molecule has 0 saturated heterocycles. The van der Waals surface area contributed by atoms with Crippen molar-refractivity contribution in [3.05, 3.63) is 44.8 Å². The van der Waals surface area contributed by atoms with Gasteiger partial charge in [-0.05, 0) is 44.5 Å². The molecule has 1 atom stereocenters. The summed E-state index contributed by atoms with van der Waals surface area (Å²) in [6, 6.07) is 5.09. The molecule has 1 aliphatic rings. The van der Waals surface area contributed by atoms with Crippen LogP contribution in [-0.2, 0) is 15.3 Å². The van der Waals surface area contributed by atoms with Gasteiger partial charge < -0.3 is 20.4 Å². The van der Waals surface area contributed by atoms with E-state index in [1.54, 1.807) is 25.1 Å². The van der Waals surface area contributed by atoms with Crippen LogP contribution in [0.5, 0.6) is 5.75 Å². The lowest BCUT2D eigenvalue weighted by Crippen LogP contribution is -2.26. The molecule has 10 heteroatoms. The maximum Gasteiger partial charge on any atom is 0.262 e. The minimum Gasteiger partial charge on any atom is -0.482 e. The Bertz CT molecular complexity index is 1220. The van der Waals surface area contributed by atoms with Crippen molar-refractivity contribution < 1.29 is 14.3 Å². The first-order chi connectivity index (χ1) is 14.3. The monoisotopic (exact) mass is 444 g/mol. The summed E-state index contributed by atoms with van der Waals surface area (Å²) in [5, 5.41) is 5.82. The average molecular weight is 445 g/mol. The fraction of sp³-hybridized carbons (Fsp3) is 0.300. The SMILES string of the molecule is Cc1sc2nc(CSC(C)C(=O)Nc3ccc4c(c3)NC(=O)CO4)[nH]c(=O)c2c1C. The number of carbonyl (C=O) groups is 2. The predicted octanol–water partition coefficient (Wildman–Crippen LogP) is 3.19. The second-order valence-electron chi connectivity index (χ2n) is 6.97. The molecule has 1 unspecified atom stereocenters. The van der Waals surface area contributed by atoms with Crippen LogP contribution >= 0.6 is 23.1 Å². The number of rotatable bonds is 5. The van der Waals surface area contributed by atoms with Gasteiger partial charge in [0.25, 0.3) is 11.5 Å². The normalized spacial score (nSPS) is 14.0. The number of amides is 2. The molecule has 0 spiro atoms. The highest BCUT2D eigenvalue weighted by Gasteiger charge is 2.19. The van der Waals surface area contributed by atoms with E-state index in [0.29, 0.717) is 34.1 Å². The van der Waals surface area contributed by atoms with Crippen molar-refractivity contribution in [3.63, 3.8) is 0 Å². The highest BCUT2D eigenvalue weighted by atomic mass is 32.2. The second-order valence-corrected chi connectivity index (χ2v) is 9.50. The number of fused-ring (bicyclic) bond motifs is 2. The van der Waals surface area contributed by atoms with E-state index in [-0.39, 0.29) is 29.2 Å². The Labute approximate surface area is 180 Å². The quantitative estimate of drug-likeness (QED) is 0.557. The van der Waals surface area contributed by atoms with Gasteiger partial charge in [-0.2, -0.15) is 0 Å². The molecule has 8 nitrogen and oxygen atoms in total. The van der Waals surface area contributed by atoms with Gasteiger partial charge in [-0.3, -0.25) is 14.4 Å². The van der Waals surface area contributed by atoms with E-state index in [9.17, 15) is 14.4 Å². The first-order valence-corrected chi connectivity index (χ1v) is 11.2. The van der Waals surface area contributed by atoms with Crippen molar-refractivity contribution in [1.29, 1.82) is 0 Å². The van der Waals surface area contributed by atoms with Crippen LogP contribution < -0.4 is 20.9 Å². The van der Waals surface area contributed by atoms with Gasteiger partial charge in [0.05, 0.1) is 22.1 Å². The third-order valence-corrected chi connectivity index (χ3v) is 7.06. The van der Waals surface area contributed by atoms with Crippen LogP contribution in [0.15, 0.2) is 23.0 Å². The Morgan fingerprint density at radius 3 is 2.97 bits per heavy atom. The molecule has 2 amide bonds. The van der Waals surface area contributed by atoms with E-state index >= 15 is 0 Å². The summed E-state index contributed by atoms with van der Waals surface area (Å²) < 4.78 is 5.32. The molecule has 1 aromatic carbocycles. The van der Waals surface area contributed by atoms with Crippen molar-refractivity contribution in [2.75, 3.05) is 17.2 Å². The molecule has 156 valence electrons. The largest absolute Gasteiger partial charge is 0.482 e. The number of aromatic nitrogens is 2. The maximum absolute atomic E-state index is 12.6. The lowest BCUT2D eigenvalue weighted by molar-refractivity contribution is -0.118. The summed E-state index contributed by atoms with van der Waals surface area (Å²) in [5.74, 6) is 1.11. The van der Waals surface area contributed by atoms with Gasteiger partial charge in [-0.15, -0.1) is 23.1 Å². The number of hydrogen-bond acceptors (Lipinski definition) is 7. The van der Waals surface area contributed by atoms with Gasteiger partial charge in [0.15, 0.2) is 6.61 Å². The third kappa shape index (κ3) is 4.05. The average Bonchev–Trinajstić information content (AvgIpc) is 2.99. The smallest absolute Gasteiger partial charge is 0.262 e. The maximum atomic E-state index is 12.6. The third-order valence-electron chi connectivity index (χ3n) is 4.81. The van der Waals surface area contributed by atoms with Gasteiger partial charge in [-0.1, -0.05) is 0 Å². The van der Waals surface area contributed by atoms with Crippen molar-refractivity contribution in [3.8, 4) is 5.75 Å². The molecule has 30 heavy (non-hydrogen) atoms.